The summed E-state index contributed by atoms with van der Waals surface area (Å²) in [6.07, 6.45) is -3.40. The Hall–Kier alpha value is -2.79. The number of rotatable bonds is 9. The first kappa shape index (κ1) is 23.4. The van der Waals surface area contributed by atoms with E-state index in [1.54, 1.807) is 6.07 Å². The zero-order chi connectivity index (χ0) is 23.6. The minimum Gasteiger partial charge on any atom is -0.406 e. The molecule has 0 unspecified atom stereocenters. The standard InChI is InChI=1S/C22H21F3N4O2S2/c1-3-32-10-4-5-18(30)13-6-9-17-16(11-13)26-20(29(17)2)28-21-27-15-8-7-14(12-19(15)33-21)31-22(23,24)25/h6-9,11-12H,3-5,10H2,1-2H3,(H,26,27,28). The third kappa shape index (κ3) is 5.59. The van der Waals surface area contributed by atoms with Crippen LogP contribution in [-0.4, -0.2) is 38.2 Å². The fraction of sp³-hybridized carbons (Fsp3) is 0.318. The van der Waals surface area contributed by atoms with Crippen molar-refractivity contribution in [3.63, 3.8) is 0 Å². The molecular formula is C22H21F3N4O2S2. The molecule has 0 aliphatic rings. The first-order valence-corrected chi connectivity index (χ1v) is 12.2. The van der Waals surface area contributed by atoms with Gasteiger partial charge < -0.3 is 14.6 Å². The molecule has 11 heteroatoms. The molecule has 0 amide bonds. The Balaban J connectivity index is 1.53. The number of carbonyl (C=O) groups excluding carboxylic acids is 1. The van der Waals surface area contributed by atoms with Crippen molar-refractivity contribution in [1.82, 2.24) is 14.5 Å². The molecule has 0 bridgehead atoms. The number of thioether (sulfide) groups is 1. The van der Waals surface area contributed by atoms with Gasteiger partial charge in [0.25, 0.3) is 0 Å². The first-order valence-electron chi connectivity index (χ1n) is 10.2. The average molecular weight is 495 g/mol. The number of anilines is 2. The zero-order valence-electron chi connectivity index (χ0n) is 17.9. The highest BCUT2D eigenvalue weighted by Crippen LogP contribution is 2.33. The molecule has 0 radical (unpaired) electrons. The number of fused-ring (bicyclic) bond motifs is 2. The van der Waals surface area contributed by atoms with Gasteiger partial charge in [-0.1, -0.05) is 18.3 Å². The van der Waals surface area contributed by atoms with Gasteiger partial charge in [-0.05, 0) is 48.3 Å². The molecule has 4 rings (SSSR count). The van der Waals surface area contributed by atoms with E-state index >= 15 is 0 Å². The SMILES string of the molecule is CCSCCCC(=O)c1ccc2c(c1)nc(Nc1nc3ccc(OC(F)(F)F)cc3s1)n2C. The number of halogens is 3. The molecule has 0 aliphatic heterocycles. The summed E-state index contributed by atoms with van der Waals surface area (Å²) in [7, 11) is 1.84. The van der Waals surface area contributed by atoms with Gasteiger partial charge in [0.15, 0.2) is 10.9 Å². The molecule has 0 atom stereocenters. The molecule has 2 aromatic carbocycles. The summed E-state index contributed by atoms with van der Waals surface area (Å²) in [5, 5.41) is 3.61. The maximum atomic E-state index is 12.5. The Bertz CT molecular complexity index is 1300. The lowest BCUT2D eigenvalue weighted by Crippen LogP contribution is -2.16. The number of benzene rings is 2. The Morgan fingerprint density at radius 3 is 2.76 bits per heavy atom. The number of alkyl halides is 3. The minimum absolute atomic E-state index is 0.0943. The van der Waals surface area contributed by atoms with Gasteiger partial charge in [0.05, 0.1) is 21.3 Å². The summed E-state index contributed by atoms with van der Waals surface area (Å²) in [5.41, 5.74) is 2.70. The summed E-state index contributed by atoms with van der Waals surface area (Å²) in [6, 6.07) is 9.47. The van der Waals surface area contributed by atoms with Crippen molar-refractivity contribution in [3.8, 4) is 5.75 Å². The Morgan fingerprint density at radius 2 is 2.00 bits per heavy atom. The number of nitrogens with one attached hydrogen (secondary N) is 1. The number of aryl methyl sites for hydroxylation is 1. The fourth-order valence-electron chi connectivity index (χ4n) is 3.36. The van der Waals surface area contributed by atoms with Crippen molar-refractivity contribution in [3.05, 3.63) is 42.0 Å². The van der Waals surface area contributed by atoms with Gasteiger partial charge >= 0.3 is 6.36 Å². The van der Waals surface area contributed by atoms with Crippen molar-refractivity contribution < 1.29 is 22.7 Å². The summed E-state index contributed by atoms with van der Waals surface area (Å²) in [5.74, 6) is 2.32. The third-order valence-electron chi connectivity index (χ3n) is 4.91. The summed E-state index contributed by atoms with van der Waals surface area (Å²) >= 11 is 3.01. The van der Waals surface area contributed by atoms with Crippen LogP contribution in [0.15, 0.2) is 36.4 Å². The van der Waals surface area contributed by atoms with Crippen LogP contribution in [-0.2, 0) is 7.05 Å². The number of aromatic nitrogens is 3. The summed E-state index contributed by atoms with van der Waals surface area (Å²) in [6.45, 7) is 2.10. The van der Waals surface area contributed by atoms with E-state index in [1.165, 1.54) is 29.5 Å². The second-order valence-electron chi connectivity index (χ2n) is 7.24. The topological polar surface area (TPSA) is 69.0 Å². The maximum absolute atomic E-state index is 12.5. The van der Waals surface area contributed by atoms with E-state index in [1.807, 2.05) is 35.5 Å². The van der Waals surface area contributed by atoms with Gasteiger partial charge in [0, 0.05) is 25.1 Å². The molecule has 1 N–H and O–H groups in total. The van der Waals surface area contributed by atoms with Crippen LogP contribution in [0.4, 0.5) is 24.3 Å². The molecule has 0 fully saturated rings. The van der Waals surface area contributed by atoms with E-state index in [0.717, 1.165) is 23.4 Å². The lowest BCUT2D eigenvalue weighted by Gasteiger charge is -2.07. The highest BCUT2D eigenvalue weighted by atomic mass is 32.2. The van der Waals surface area contributed by atoms with Crippen molar-refractivity contribution in [2.45, 2.75) is 26.1 Å². The number of carbonyl (C=O) groups is 1. The van der Waals surface area contributed by atoms with E-state index in [0.29, 0.717) is 38.8 Å². The smallest absolute Gasteiger partial charge is 0.406 e. The van der Waals surface area contributed by atoms with Crippen LogP contribution >= 0.6 is 23.1 Å². The minimum atomic E-state index is -4.75. The predicted molar refractivity (Wildman–Crippen MR) is 127 cm³/mol. The Morgan fingerprint density at radius 1 is 1.18 bits per heavy atom. The second-order valence-corrected chi connectivity index (χ2v) is 9.67. The van der Waals surface area contributed by atoms with Crippen molar-refractivity contribution in [1.29, 1.82) is 0 Å². The van der Waals surface area contributed by atoms with E-state index < -0.39 is 6.36 Å². The normalized spacial score (nSPS) is 11.9. The summed E-state index contributed by atoms with van der Waals surface area (Å²) < 4.78 is 43.8. The quantitative estimate of drug-likeness (QED) is 0.210. The molecule has 0 spiro atoms. The van der Waals surface area contributed by atoms with Crippen LogP contribution in [0.3, 0.4) is 0 Å². The number of hydrogen-bond acceptors (Lipinski definition) is 7. The average Bonchev–Trinajstić information content (AvgIpc) is 3.29. The van der Waals surface area contributed by atoms with E-state index in [-0.39, 0.29) is 11.5 Å². The second kappa shape index (κ2) is 9.60. The monoisotopic (exact) mass is 494 g/mol. The van der Waals surface area contributed by atoms with Crippen LogP contribution in [0.25, 0.3) is 21.3 Å². The van der Waals surface area contributed by atoms with Crippen molar-refractivity contribution >= 4 is 61.2 Å². The van der Waals surface area contributed by atoms with Gasteiger partial charge in [0.2, 0.25) is 5.95 Å². The lowest BCUT2D eigenvalue weighted by molar-refractivity contribution is -0.274. The molecule has 0 aliphatic carbocycles. The number of thiazole rings is 1. The highest BCUT2D eigenvalue weighted by Gasteiger charge is 2.31. The molecule has 2 aromatic heterocycles. The molecule has 0 saturated heterocycles. The fourth-order valence-corrected chi connectivity index (χ4v) is 4.88. The highest BCUT2D eigenvalue weighted by molar-refractivity contribution is 7.99. The third-order valence-corrected chi connectivity index (χ3v) is 6.83. The largest absolute Gasteiger partial charge is 0.573 e. The van der Waals surface area contributed by atoms with Crippen molar-refractivity contribution in [2.24, 2.45) is 7.05 Å². The molecule has 2 heterocycles. The van der Waals surface area contributed by atoms with E-state index in [2.05, 4.69) is 26.9 Å². The van der Waals surface area contributed by atoms with Crippen molar-refractivity contribution in [2.75, 3.05) is 16.8 Å². The van der Waals surface area contributed by atoms with E-state index in [9.17, 15) is 18.0 Å². The predicted octanol–water partition coefficient (Wildman–Crippen LogP) is 6.54. The lowest BCUT2D eigenvalue weighted by atomic mass is 10.1. The van der Waals surface area contributed by atoms with Crippen LogP contribution < -0.4 is 10.1 Å². The zero-order valence-corrected chi connectivity index (χ0v) is 19.5. The number of hydrogen-bond donors (Lipinski definition) is 1. The van der Waals surface area contributed by atoms with Gasteiger partial charge in [-0.2, -0.15) is 11.8 Å². The van der Waals surface area contributed by atoms with Gasteiger partial charge in [-0.25, -0.2) is 9.97 Å². The molecular weight excluding hydrogens is 473 g/mol. The maximum Gasteiger partial charge on any atom is 0.573 e. The molecule has 6 nitrogen and oxygen atoms in total. The van der Waals surface area contributed by atoms with Crippen LogP contribution in [0.5, 0.6) is 5.75 Å². The Kier molecular flexibility index (Phi) is 6.80. The number of ether oxygens (including phenoxy) is 1. The Labute approximate surface area is 196 Å². The number of Topliss-reactive ketones (excluding diaryl/α,β-unsaturated/α-hetero) is 1. The van der Waals surface area contributed by atoms with Gasteiger partial charge in [-0.15, -0.1) is 13.2 Å². The molecule has 0 saturated carbocycles. The molecule has 33 heavy (non-hydrogen) atoms. The number of imidazole rings is 1. The number of ketones is 1. The summed E-state index contributed by atoms with van der Waals surface area (Å²) in [4.78, 5) is 21.5. The van der Waals surface area contributed by atoms with Crippen LogP contribution in [0, 0.1) is 0 Å². The number of nitrogens with zero attached hydrogens (tertiary/aromatic N) is 3. The van der Waals surface area contributed by atoms with Gasteiger partial charge in [0.1, 0.15) is 5.75 Å². The van der Waals surface area contributed by atoms with Crippen LogP contribution in [0.1, 0.15) is 30.1 Å². The van der Waals surface area contributed by atoms with Crippen LogP contribution in [0.2, 0.25) is 0 Å². The molecule has 174 valence electrons. The first-order chi connectivity index (χ1) is 15.7. The van der Waals surface area contributed by atoms with E-state index in [4.69, 9.17) is 0 Å². The molecule has 4 aromatic rings. The van der Waals surface area contributed by atoms with Gasteiger partial charge in [-0.3, -0.25) is 4.79 Å².